The van der Waals surface area contributed by atoms with Crippen molar-refractivity contribution in [3.63, 3.8) is 0 Å². The smallest absolute Gasteiger partial charge is 0.128 e. The lowest BCUT2D eigenvalue weighted by molar-refractivity contribution is 0.600. The molecule has 3 rings (SSSR count). The van der Waals surface area contributed by atoms with Crippen LogP contribution in [0.25, 0.3) is 0 Å². The third-order valence-electron chi connectivity index (χ3n) is 4.07. The average Bonchev–Trinajstić information content (AvgIpc) is 3.02. The van der Waals surface area contributed by atoms with Crippen LogP contribution in [0.1, 0.15) is 31.4 Å². The first kappa shape index (κ1) is 13.9. The summed E-state index contributed by atoms with van der Waals surface area (Å²) in [5, 5.41) is 3.40. The van der Waals surface area contributed by atoms with Gasteiger partial charge in [0.2, 0.25) is 0 Å². The Morgan fingerprint density at radius 2 is 1.81 bits per heavy atom. The summed E-state index contributed by atoms with van der Waals surface area (Å²) in [5.74, 6) is -0.159. The maximum atomic E-state index is 13.8. The van der Waals surface area contributed by atoms with Crippen molar-refractivity contribution in [1.82, 2.24) is 0 Å². The summed E-state index contributed by atoms with van der Waals surface area (Å²) in [4.78, 5) is 2.40. The summed E-state index contributed by atoms with van der Waals surface area (Å²) in [6.45, 7) is 4.25. The number of hydrogen-bond acceptors (Lipinski definition) is 2. The predicted octanol–water partition coefficient (Wildman–Crippen LogP) is 4.60. The van der Waals surface area contributed by atoms with E-state index in [-0.39, 0.29) is 11.9 Å². The Balaban J connectivity index is 1.75. The third-order valence-corrected chi connectivity index (χ3v) is 4.07. The summed E-state index contributed by atoms with van der Waals surface area (Å²) >= 11 is 0. The molecule has 0 aromatic heterocycles. The van der Waals surface area contributed by atoms with Crippen LogP contribution in [0.4, 0.5) is 15.8 Å². The van der Waals surface area contributed by atoms with Gasteiger partial charge in [-0.05, 0) is 44.0 Å². The fraction of sp³-hybridized carbons (Fsp3) is 0.333. The summed E-state index contributed by atoms with van der Waals surface area (Å²) in [5.41, 5.74) is 2.98. The molecule has 0 bridgehead atoms. The lowest BCUT2D eigenvalue weighted by Crippen LogP contribution is -2.17. The zero-order chi connectivity index (χ0) is 14.7. The van der Waals surface area contributed by atoms with Gasteiger partial charge >= 0.3 is 0 Å². The molecule has 1 saturated heterocycles. The van der Waals surface area contributed by atoms with Gasteiger partial charge in [0.15, 0.2) is 0 Å². The molecule has 1 fully saturated rings. The van der Waals surface area contributed by atoms with Crippen LogP contribution >= 0.6 is 0 Å². The number of nitrogens with zero attached hydrogens (tertiary/aromatic N) is 1. The van der Waals surface area contributed by atoms with Gasteiger partial charge in [0.05, 0.1) is 6.04 Å². The van der Waals surface area contributed by atoms with Crippen molar-refractivity contribution < 1.29 is 4.39 Å². The normalized spacial score (nSPS) is 16.0. The molecule has 1 unspecified atom stereocenters. The molecule has 2 nitrogen and oxygen atoms in total. The molecule has 1 heterocycles. The van der Waals surface area contributed by atoms with Crippen LogP contribution in [-0.4, -0.2) is 13.1 Å². The zero-order valence-electron chi connectivity index (χ0n) is 12.3. The highest BCUT2D eigenvalue weighted by Crippen LogP contribution is 2.26. The highest BCUT2D eigenvalue weighted by Gasteiger charge is 2.14. The van der Waals surface area contributed by atoms with E-state index >= 15 is 0 Å². The van der Waals surface area contributed by atoms with Crippen molar-refractivity contribution in [3.8, 4) is 0 Å². The van der Waals surface area contributed by atoms with Crippen LogP contribution in [0.5, 0.6) is 0 Å². The molecule has 110 valence electrons. The summed E-state index contributed by atoms with van der Waals surface area (Å²) in [7, 11) is 0. The molecule has 2 aromatic rings. The van der Waals surface area contributed by atoms with Crippen LogP contribution in [0.15, 0.2) is 48.5 Å². The first-order valence-corrected chi connectivity index (χ1v) is 7.60. The van der Waals surface area contributed by atoms with Crippen molar-refractivity contribution in [2.45, 2.75) is 25.8 Å². The number of nitrogens with one attached hydrogen (secondary N) is 1. The first-order chi connectivity index (χ1) is 10.2. The Morgan fingerprint density at radius 1 is 1.05 bits per heavy atom. The molecule has 1 atom stereocenters. The molecule has 0 aliphatic carbocycles. The SMILES string of the molecule is CC(Nc1cccc(N2CCCC2)c1)c1ccccc1F. The third kappa shape index (κ3) is 3.18. The van der Waals surface area contributed by atoms with Crippen molar-refractivity contribution in [1.29, 1.82) is 0 Å². The van der Waals surface area contributed by atoms with Crippen LogP contribution < -0.4 is 10.2 Å². The second kappa shape index (κ2) is 6.17. The van der Waals surface area contributed by atoms with Gasteiger partial charge < -0.3 is 10.2 Å². The molecule has 1 aliphatic rings. The second-order valence-corrected chi connectivity index (χ2v) is 5.63. The highest BCUT2D eigenvalue weighted by molar-refractivity contribution is 5.59. The van der Waals surface area contributed by atoms with E-state index in [1.807, 2.05) is 25.1 Å². The van der Waals surface area contributed by atoms with Gasteiger partial charge in [-0.25, -0.2) is 4.39 Å². The molecular formula is C18H21FN2. The van der Waals surface area contributed by atoms with E-state index < -0.39 is 0 Å². The average molecular weight is 284 g/mol. The largest absolute Gasteiger partial charge is 0.378 e. The van der Waals surface area contributed by atoms with Crippen LogP contribution in [-0.2, 0) is 0 Å². The van der Waals surface area contributed by atoms with E-state index in [9.17, 15) is 4.39 Å². The lowest BCUT2D eigenvalue weighted by atomic mass is 10.1. The maximum absolute atomic E-state index is 13.8. The Labute approximate surface area is 125 Å². The van der Waals surface area contributed by atoms with Gasteiger partial charge in [-0.3, -0.25) is 0 Å². The summed E-state index contributed by atoms with van der Waals surface area (Å²) in [6, 6.07) is 15.3. The quantitative estimate of drug-likeness (QED) is 0.882. The Hall–Kier alpha value is -2.03. The monoisotopic (exact) mass is 284 g/mol. The molecule has 3 heteroatoms. The van der Waals surface area contributed by atoms with E-state index in [1.165, 1.54) is 24.6 Å². The van der Waals surface area contributed by atoms with Crippen LogP contribution in [0.2, 0.25) is 0 Å². The molecular weight excluding hydrogens is 263 g/mol. The van der Waals surface area contributed by atoms with Gasteiger partial charge in [0.25, 0.3) is 0 Å². The summed E-state index contributed by atoms with van der Waals surface area (Å²) < 4.78 is 13.8. The second-order valence-electron chi connectivity index (χ2n) is 5.63. The van der Waals surface area contributed by atoms with Gasteiger partial charge in [0.1, 0.15) is 5.82 Å². The number of halogens is 1. The molecule has 0 radical (unpaired) electrons. The first-order valence-electron chi connectivity index (χ1n) is 7.60. The minimum atomic E-state index is -0.159. The molecule has 1 aliphatic heterocycles. The fourth-order valence-electron chi connectivity index (χ4n) is 2.92. The summed E-state index contributed by atoms with van der Waals surface area (Å²) in [6.07, 6.45) is 2.53. The van der Waals surface area contributed by atoms with Crippen LogP contribution in [0, 0.1) is 5.82 Å². The molecule has 2 aromatic carbocycles. The van der Waals surface area contributed by atoms with Crippen LogP contribution in [0.3, 0.4) is 0 Å². The molecule has 21 heavy (non-hydrogen) atoms. The van der Waals surface area contributed by atoms with E-state index in [2.05, 4.69) is 28.4 Å². The van der Waals surface area contributed by atoms with E-state index in [1.54, 1.807) is 6.07 Å². The number of benzene rings is 2. The van der Waals surface area contributed by atoms with E-state index in [0.717, 1.165) is 18.8 Å². The predicted molar refractivity (Wildman–Crippen MR) is 86.3 cm³/mol. The minimum Gasteiger partial charge on any atom is -0.378 e. The Morgan fingerprint density at radius 3 is 2.57 bits per heavy atom. The number of anilines is 2. The fourth-order valence-corrected chi connectivity index (χ4v) is 2.92. The number of rotatable bonds is 4. The number of hydrogen-bond donors (Lipinski definition) is 1. The minimum absolute atomic E-state index is 0.0555. The van der Waals surface area contributed by atoms with Gasteiger partial charge in [-0.2, -0.15) is 0 Å². The highest BCUT2D eigenvalue weighted by atomic mass is 19.1. The van der Waals surface area contributed by atoms with Crippen molar-refractivity contribution in [2.75, 3.05) is 23.3 Å². The lowest BCUT2D eigenvalue weighted by Gasteiger charge is -2.21. The van der Waals surface area contributed by atoms with Gasteiger partial charge in [0, 0.05) is 30.0 Å². The van der Waals surface area contributed by atoms with Crippen molar-refractivity contribution >= 4 is 11.4 Å². The van der Waals surface area contributed by atoms with Crippen molar-refractivity contribution in [2.24, 2.45) is 0 Å². The Bertz CT molecular complexity index is 606. The van der Waals surface area contributed by atoms with E-state index in [0.29, 0.717) is 5.56 Å². The topological polar surface area (TPSA) is 15.3 Å². The molecule has 1 N–H and O–H groups in total. The van der Waals surface area contributed by atoms with Gasteiger partial charge in [-0.15, -0.1) is 0 Å². The molecule has 0 amide bonds. The van der Waals surface area contributed by atoms with E-state index in [4.69, 9.17) is 0 Å². The zero-order valence-corrected chi connectivity index (χ0v) is 12.3. The standard InChI is InChI=1S/C18H21FN2/c1-14(17-9-2-3-10-18(17)19)20-15-7-6-8-16(13-15)21-11-4-5-12-21/h2-3,6-10,13-14,20H,4-5,11-12H2,1H3. The molecule has 0 saturated carbocycles. The Kier molecular flexibility index (Phi) is 4.09. The molecule has 0 spiro atoms. The van der Waals surface area contributed by atoms with Gasteiger partial charge in [-0.1, -0.05) is 24.3 Å². The van der Waals surface area contributed by atoms with Crippen molar-refractivity contribution in [3.05, 3.63) is 59.9 Å². The maximum Gasteiger partial charge on any atom is 0.128 e.